The average Bonchev–Trinajstić information content (AvgIpc) is 2.54. The molecule has 136 valence electrons. The molecule has 0 amide bonds. The third-order valence-corrected chi connectivity index (χ3v) is 5.07. The summed E-state index contributed by atoms with van der Waals surface area (Å²) in [6, 6.07) is 6.43. The van der Waals surface area contributed by atoms with Crippen molar-refractivity contribution in [1.29, 1.82) is 0 Å². The predicted molar refractivity (Wildman–Crippen MR) is 95.6 cm³/mol. The molecule has 0 saturated carbocycles. The number of pyridine rings is 1. The van der Waals surface area contributed by atoms with Crippen molar-refractivity contribution in [3.05, 3.63) is 35.8 Å². The summed E-state index contributed by atoms with van der Waals surface area (Å²) in [6.45, 7) is 1.76. The summed E-state index contributed by atoms with van der Waals surface area (Å²) < 4.78 is 44.4. The van der Waals surface area contributed by atoms with Crippen LogP contribution in [-0.2, 0) is 21.4 Å². The Labute approximate surface area is 147 Å². The second kappa shape index (κ2) is 7.23. The maximum Gasteiger partial charge on any atom is 0.208 e. The molecule has 0 bridgehead atoms. The van der Waals surface area contributed by atoms with E-state index < -0.39 is 10.0 Å². The van der Waals surface area contributed by atoms with Gasteiger partial charge in [0.1, 0.15) is 5.82 Å². The van der Waals surface area contributed by atoms with E-state index in [1.165, 1.54) is 18.4 Å². The second-order valence-electron chi connectivity index (χ2n) is 6.38. The van der Waals surface area contributed by atoms with Crippen LogP contribution in [0.1, 0.15) is 18.5 Å². The molecular formula is C17H22FN3O3S. The first kappa shape index (κ1) is 18.0. The van der Waals surface area contributed by atoms with Crippen molar-refractivity contribution in [3.8, 4) is 0 Å². The topological polar surface area (TPSA) is 71.5 Å². The van der Waals surface area contributed by atoms with Crippen LogP contribution in [0.3, 0.4) is 0 Å². The lowest BCUT2D eigenvalue weighted by atomic mass is 10.0. The molecule has 0 atom stereocenters. The highest BCUT2D eigenvalue weighted by molar-refractivity contribution is 7.88. The molecule has 1 aromatic heterocycles. The fraction of sp³-hybridized carbons (Fsp3) is 0.471. The number of piperidine rings is 1. The van der Waals surface area contributed by atoms with Gasteiger partial charge in [0, 0.05) is 37.3 Å². The number of aromatic nitrogens is 1. The van der Waals surface area contributed by atoms with E-state index in [4.69, 9.17) is 4.74 Å². The average molecular weight is 367 g/mol. The summed E-state index contributed by atoms with van der Waals surface area (Å²) in [6.07, 6.45) is 2.58. The van der Waals surface area contributed by atoms with Crippen LogP contribution in [0.25, 0.3) is 10.9 Å². The van der Waals surface area contributed by atoms with E-state index in [0.717, 1.165) is 22.3 Å². The Morgan fingerprint density at radius 1 is 1.32 bits per heavy atom. The van der Waals surface area contributed by atoms with E-state index in [2.05, 4.69) is 14.6 Å². The molecule has 1 aromatic carbocycles. The lowest BCUT2D eigenvalue weighted by Gasteiger charge is -2.34. The van der Waals surface area contributed by atoms with Gasteiger partial charge in [-0.3, -0.25) is 4.98 Å². The van der Waals surface area contributed by atoms with Crippen molar-refractivity contribution in [3.63, 3.8) is 0 Å². The zero-order chi connectivity index (χ0) is 18.0. The first-order chi connectivity index (χ1) is 11.9. The van der Waals surface area contributed by atoms with Crippen LogP contribution >= 0.6 is 0 Å². The first-order valence-electron chi connectivity index (χ1n) is 8.16. The van der Waals surface area contributed by atoms with Crippen molar-refractivity contribution in [2.24, 2.45) is 0 Å². The van der Waals surface area contributed by atoms with Gasteiger partial charge in [0.15, 0.2) is 0 Å². The molecule has 0 aliphatic carbocycles. The molecule has 8 heteroatoms. The summed E-state index contributed by atoms with van der Waals surface area (Å²) >= 11 is 0. The van der Waals surface area contributed by atoms with Gasteiger partial charge in [0.25, 0.3) is 0 Å². The number of halogens is 1. The molecule has 0 unspecified atom stereocenters. The highest BCUT2D eigenvalue weighted by Crippen LogP contribution is 2.30. The smallest absolute Gasteiger partial charge is 0.208 e. The minimum atomic E-state index is -3.20. The first-order valence-corrected chi connectivity index (χ1v) is 10.1. The fourth-order valence-corrected chi connectivity index (χ4v) is 4.10. The molecule has 1 aliphatic heterocycles. The number of methoxy groups -OCH3 is 1. The molecule has 0 spiro atoms. The molecule has 1 fully saturated rings. The Kier molecular flexibility index (Phi) is 5.21. The summed E-state index contributed by atoms with van der Waals surface area (Å²) in [5, 5.41) is 0.759. The molecule has 2 heterocycles. The van der Waals surface area contributed by atoms with Gasteiger partial charge in [-0.15, -0.1) is 0 Å². The molecule has 2 aromatic rings. The van der Waals surface area contributed by atoms with Gasteiger partial charge in [-0.2, -0.15) is 0 Å². The summed E-state index contributed by atoms with van der Waals surface area (Å²) in [7, 11) is -1.60. The van der Waals surface area contributed by atoms with E-state index in [1.54, 1.807) is 13.2 Å². The van der Waals surface area contributed by atoms with Gasteiger partial charge in [-0.1, -0.05) is 0 Å². The number of anilines is 1. The van der Waals surface area contributed by atoms with Crippen molar-refractivity contribution in [1.82, 2.24) is 9.71 Å². The largest absolute Gasteiger partial charge is 0.378 e. The number of benzene rings is 1. The van der Waals surface area contributed by atoms with Crippen LogP contribution < -0.4 is 9.62 Å². The number of hydrogen-bond donors (Lipinski definition) is 1. The standard InChI is InChI=1S/C17H22FN3O3S/c1-24-11-14-10-17(15-9-12(18)3-4-16(15)19-14)21-7-5-13(6-8-21)20-25(2,22)23/h3-4,9-10,13,20H,5-8,11H2,1-2H3. The van der Waals surface area contributed by atoms with E-state index in [-0.39, 0.29) is 11.9 Å². The van der Waals surface area contributed by atoms with Crippen LogP contribution in [0.15, 0.2) is 24.3 Å². The number of nitrogens with zero attached hydrogens (tertiary/aromatic N) is 2. The minimum absolute atomic E-state index is 0.0606. The third kappa shape index (κ3) is 4.45. The van der Waals surface area contributed by atoms with Crippen molar-refractivity contribution in [2.75, 3.05) is 31.4 Å². The number of ether oxygens (including phenoxy) is 1. The summed E-state index contributed by atoms with van der Waals surface area (Å²) in [4.78, 5) is 6.67. The van der Waals surface area contributed by atoms with Gasteiger partial charge in [-0.05, 0) is 37.1 Å². The maximum absolute atomic E-state index is 13.7. The molecule has 6 nitrogen and oxygen atoms in total. The molecular weight excluding hydrogens is 345 g/mol. The van der Waals surface area contributed by atoms with Crippen LogP contribution in [-0.4, -0.2) is 45.9 Å². The summed E-state index contributed by atoms with van der Waals surface area (Å²) in [5.41, 5.74) is 2.42. The van der Waals surface area contributed by atoms with Gasteiger partial charge >= 0.3 is 0 Å². The number of rotatable bonds is 5. The normalized spacial score (nSPS) is 16.5. The monoisotopic (exact) mass is 367 g/mol. The molecule has 25 heavy (non-hydrogen) atoms. The Bertz CT molecular complexity index is 865. The Morgan fingerprint density at radius 2 is 2.04 bits per heavy atom. The third-order valence-electron chi connectivity index (χ3n) is 4.31. The number of sulfonamides is 1. The van der Waals surface area contributed by atoms with Crippen molar-refractivity contribution < 1.29 is 17.5 Å². The predicted octanol–water partition coefficient (Wildman–Crippen LogP) is 2.04. The molecule has 1 aliphatic rings. The second-order valence-corrected chi connectivity index (χ2v) is 8.16. The van der Waals surface area contributed by atoms with Crippen LogP contribution in [0.5, 0.6) is 0 Å². The number of nitrogens with one attached hydrogen (secondary N) is 1. The fourth-order valence-electron chi connectivity index (χ4n) is 3.26. The molecule has 3 rings (SSSR count). The highest BCUT2D eigenvalue weighted by atomic mass is 32.2. The molecule has 0 radical (unpaired) electrons. The number of hydrogen-bond acceptors (Lipinski definition) is 5. The zero-order valence-corrected chi connectivity index (χ0v) is 15.1. The lowest BCUT2D eigenvalue weighted by molar-refractivity contribution is 0.182. The lowest BCUT2D eigenvalue weighted by Crippen LogP contribution is -2.44. The van der Waals surface area contributed by atoms with E-state index in [1.807, 2.05) is 6.07 Å². The number of fused-ring (bicyclic) bond motifs is 1. The van der Waals surface area contributed by atoms with E-state index >= 15 is 0 Å². The zero-order valence-electron chi connectivity index (χ0n) is 14.3. The Balaban J connectivity index is 1.88. The van der Waals surface area contributed by atoms with Crippen LogP contribution in [0.4, 0.5) is 10.1 Å². The van der Waals surface area contributed by atoms with Crippen molar-refractivity contribution in [2.45, 2.75) is 25.5 Å². The van der Waals surface area contributed by atoms with Crippen LogP contribution in [0, 0.1) is 5.82 Å². The molecule has 1 saturated heterocycles. The molecule has 1 N–H and O–H groups in total. The van der Waals surface area contributed by atoms with Gasteiger partial charge in [-0.25, -0.2) is 17.5 Å². The van der Waals surface area contributed by atoms with Gasteiger partial charge < -0.3 is 9.64 Å². The highest BCUT2D eigenvalue weighted by Gasteiger charge is 2.23. The maximum atomic E-state index is 13.7. The summed E-state index contributed by atoms with van der Waals surface area (Å²) in [5.74, 6) is -0.302. The van der Waals surface area contributed by atoms with E-state index in [9.17, 15) is 12.8 Å². The Morgan fingerprint density at radius 3 is 2.68 bits per heavy atom. The van der Waals surface area contributed by atoms with Crippen LogP contribution in [0.2, 0.25) is 0 Å². The van der Waals surface area contributed by atoms with Gasteiger partial charge in [0.05, 0.1) is 24.1 Å². The quantitative estimate of drug-likeness (QED) is 0.876. The van der Waals surface area contributed by atoms with Gasteiger partial charge in [0.2, 0.25) is 10.0 Å². The Hall–Kier alpha value is -1.77. The van der Waals surface area contributed by atoms with Crippen molar-refractivity contribution >= 4 is 26.6 Å². The van der Waals surface area contributed by atoms with E-state index in [0.29, 0.717) is 32.5 Å². The SMILES string of the molecule is COCc1cc(N2CCC(NS(C)(=O)=O)CC2)c2cc(F)ccc2n1. The minimum Gasteiger partial charge on any atom is -0.378 e.